The minimum absolute atomic E-state index is 0.244. The van der Waals surface area contributed by atoms with E-state index in [4.69, 9.17) is 10.7 Å². The third-order valence-corrected chi connectivity index (χ3v) is 5.06. The van der Waals surface area contributed by atoms with E-state index in [1.54, 1.807) is 0 Å². The fourth-order valence-corrected chi connectivity index (χ4v) is 3.59. The van der Waals surface area contributed by atoms with Crippen LogP contribution < -0.4 is 5.73 Å². The highest BCUT2D eigenvalue weighted by Crippen LogP contribution is 2.39. The van der Waals surface area contributed by atoms with Crippen molar-refractivity contribution >= 4 is 11.3 Å². The predicted molar refractivity (Wildman–Crippen MR) is 69.8 cm³/mol. The van der Waals surface area contributed by atoms with Crippen molar-refractivity contribution in [3.05, 3.63) is 15.6 Å². The van der Waals surface area contributed by atoms with Gasteiger partial charge in [-0.25, -0.2) is 4.98 Å². The fourth-order valence-electron chi connectivity index (χ4n) is 2.09. The maximum atomic E-state index is 6.26. The molecule has 1 aromatic heterocycles. The number of nitrogens with two attached hydrogens (primary N) is 1. The molecule has 1 unspecified atom stereocenters. The third-order valence-electron chi connectivity index (χ3n) is 3.68. The minimum atomic E-state index is -0.244. The first kappa shape index (κ1) is 12.1. The quantitative estimate of drug-likeness (QED) is 0.859. The van der Waals surface area contributed by atoms with Crippen LogP contribution in [0.5, 0.6) is 0 Å². The first-order valence-electron chi connectivity index (χ1n) is 6.12. The smallest absolute Gasteiger partial charge is 0.113 e. The van der Waals surface area contributed by atoms with Crippen molar-refractivity contribution in [3.8, 4) is 0 Å². The summed E-state index contributed by atoms with van der Waals surface area (Å²) in [5.74, 6) is 0. The van der Waals surface area contributed by atoms with Gasteiger partial charge >= 0.3 is 0 Å². The molecule has 0 saturated heterocycles. The Kier molecular flexibility index (Phi) is 2.87. The van der Waals surface area contributed by atoms with Gasteiger partial charge in [0.15, 0.2) is 0 Å². The zero-order valence-electron chi connectivity index (χ0n) is 10.8. The molecule has 1 aromatic rings. The highest BCUT2D eigenvalue weighted by Gasteiger charge is 2.31. The summed E-state index contributed by atoms with van der Waals surface area (Å²) in [7, 11) is 0. The van der Waals surface area contributed by atoms with Crippen molar-refractivity contribution in [2.45, 2.75) is 58.9 Å². The Labute approximate surface area is 102 Å². The molecule has 1 heterocycles. The Morgan fingerprint density at radius 1 is 1.50 bits per heavy atom. The van der Waals surface area contributed by atoms with Gasteiger partial charge in [0.05, 0.1) is 11.2 Å². The molecule has 1 aliphatic carbocycles. The molecule has 0 aliphatic heterocycles. The lowest BCUT2D eigenvalue weighted by Crippen LogP contribution is -2.31. The van der Waals surface area contributed by atoms with Crippen LogP contribution >= 0.6 is 11.3 Å². The van der Waals surface area contributed by atoms with Crippen molar-refractivity contribution in [3.63, 3.8) is 0 Å². The SMILES string of the molecule is CCC(C)(N)c1nc2c(s1)CC(C)(C)CC2. The summed E-state index contributed by atoms with van der Waals surface area (Å²) >= 11 is 1.83. The molecule has 0 saturated carbocycles. The van der Waals surface area contributed by atoms with Crippen LogP contribution in [0.25, 0.3) is 0 Å². The first-order chi connectivity index (χ1) is 7.34. The van der Waals surface area contributed by atoms with Crippen LogP contribution in [0.1, 0.15) is 56.1 Å². The van der Waals surface area contributed by atoms with Gasteiger partial charge in [0, 0.05) is 4.88 Å². The summed E-state index contributed by atoms with van der Waals surface area (Å²) in [6, 6.07) is 0. The molecule has 16 heavy (non-hydrogen) atoms. The number of hydrogen-bond acceptors (Lipinski definition) is 3. The van der Waals surface area contributed by atoms with Crippen LogP contribution in [0, 0.1) is 5.41 Å². The molecule has 0 spiro atoms. The number of rotatable bonds is 2. The Morgan fingerprint density at radius 3 is 2.81 bits per heavy atom. The molecule has 0 fully saturated rings. The summed E-state index contributed by atoms with van der Waals surface area (Å²) in [6.45, 7) is 8.90. The van der Waals surface area contributed by atoms with E-state index in [-0.39, 0.29) is 5.54 Å². The van der Waals surface area contributed by atoms with Crippen LogP contribution in [-0.4, -0.2) is 4.98 Å². The van der Waals surface area contributed by atoms with Gasteiger partial charge in [0.1, 0.15) is 5.01 Å². The van der Waals surface area contributed by atoms with E-state index in [1.165, 1.54) is 23.4 Å². The zero-order chi connectivity index (χ0) is 12.0. The fraction of sp³-hybridized carbons (Fsp3) is 0.769. The van der Waals surface area contributed by atoms with Crippen molar-refractivity contribution in [1.82, 2.24) is 4.98 Å². The lowest BCUT2D eigenvalue weighted by Gasteiger charge is -2.28. The van der Waals surface area contributed by atoms with E-state index in [2.05, 4.69) is 27.7 Å². The maximum Gasteiger partial charge on any atom is 0.113 e. The predicted octanol–water partition coefficient (Wildman–Crippen LogP) is 3.24. The van der Waals surface area contributed by atoms with Gasteiger partial charge in [-0.15, -0.1) is 11.3 Å². The van der Waals surface area contributed by atoms with Crippen molar-refractivity contribution in [1.29, 1.82) is 0 Å². The molecule has 0 radical (unpaired) electrons. The van der Waals surface area contributed by atoms with Gasteiger partial charge in [-0.05, 0) is 38.0 Å². The molecular formula is C13H22N2S. The standard InChI is InChI=1S/C13H22N2S/c1-5-13(4,14)11-15-9-6-7-12(2,3)8-10(9)16-11/h5-8,14H2,1-4H3. The highest BCUT2D eigenvalue weighted by molar-refractivity contribution is 7.11. The second-order valence-electron chi connectivity index (χ2n) is 6.00. The summed E-state index contributed by atoms with van der Waals surface area (Å²) in [5.41, 5.74) is 7.77. The Balaban J connectivity index is 2.32. The van der Waals surface area contributed by atoms with Crippen LogP contribution in [0.4, 0.5) is 0 Å². The van der Waals surface area contributed by atoms with Gasteiger partial charge in [-0.2, -0.15) is 0 Å². The number of thiazole rings is 1. The zero-order valence-corrected chi connectivity index (χ0v) is 11.6. The largest absolute Gasteiger partial charge is 0.320 e. The van der Waals surface area contributed by atoms with Crippen molar-refractivity contribution in [2.75, 3.05) is 0 Å². The van der Waals surface area contributed by atoms with E-state index in [0.29, 0.717) is 5.41 Å². The maximum absolute atomic E-state index is 6.26. The molecule has 1 atom stereocenters. The summed E-state index contributed by atoms with van der Waals surface area (Å²) in [6.07, 6.45) is 4.48. The van der Waals surface area contributed by atoms with E-state index in [9.17, 15) is 0 Å². The summed E-state index contributed by atoms with van der Waals surface area (Å²) < 4.78 is 0. The van der Waals surface area contributed by atoms with Gasteiger partial charge < -0.3 is 5.73 Å². The second kappa shape index (κ2) is 3.81. The molecule has 2 rings (SSSR count). The molecule has 90 valence electrons. The molecule has 0 bridgehead atoms. The molecule has 2 N–H and O–H groups in total. The average Bonchev–Trinajstić information content (AvgIpc) is 2.59. The number of nitrogens with zero attached hydrogens (tertiary/aromatic N) is 1. The van der Waals surface area contributed by atoms with Gasteiger partial charge in [-0.3, -0.25) is 0 Å². The lowest BCUT2D eigenvalue weighted by molar-refractivity contribution is 0.316. The van der Waals surface area contributed by atoms with Crippen molar-refractivity contribution < 1.29 is 0 Å². The van der Waals surface area contributed by atoms with E-state index in [1.807, 2.05) is 11.3 Å². The Bertz CT molecular complexity index is 391. The monoisotopic (exact) mass is 238 g/mol. The average molecular weight is 238 g/mol. The summed E-state index contributed by atoms with van der Waals surface area (Å²) in [5, 5.41) is 1.12. The highest BCUT2D eigenvalue weighted by atomic mass is 32.1. The molecule has 1 aliphatic rings. The minimum Gasteiger partial charge on any atom is -0.320 e. The Hall–Kier alpha value is -0.410. The Morgan fingerprint density at radius 2 is 2.19 bits per heavy atom. The van der Waals surface area contributed by atoms with Gasteiger partial charge in [0.25, 0.3) is 0 Å². The van der Waals surface area contributed by atoms with Gasteiger partial charge in [-0.1, -0.05) is 20.8 Å². The molecular weight excluding hydrogens is 216 g/mol. The first-order valence-corrected chi connectivity index (χ1v) is 6.94. The van der Waals surface area contributed by atoms with Crippen LogP contribution in [0.3, 0.4) is 0 Å². The normalized spacial score (nSPS) is 22.6. The molecule has 3 heteroatoms. The van der Waals surface area contributed by atoms with E-state index >= 15 is 0 Å². The third kappa shape index (κ3) is 2.16. The summed E-state index contributed by atoms with van der Waals surface area (Å²) in [4.78, 5) is 6.22. The van der Waals surface area contributed by atoms with Crippen LogP contribution in [0.2, 0.25) is 0 Å². The second-order valence-corrected chi connectivity index (χ2v) is 7.08. The van der Waals surface area contributed by atoms with E-state index < -0.39 is 0 Å². The molecule has 2 nitrogen and oxygen atoms in total. The number of aromatic nitrogens is 1. The number of hydrogen-bond donors (Lipinski definition) is 1. The lowest BCUT2D eigenvalue weighted by atomic mass is 9.79. The molecule has 0 amide bonds. The topological polar surface area (TPSA) is 38.9 Å². The van der Waals surface area contributed by atoms with Crippen molar-refractivity contribution in [2.24, 2.45) is 11.1 Å². The van der Waals surface area contributed by atoms with Gasteiger partial charge in [0.2, 0.25) is 0 Å². The van der Waals surface area contributed by atoms with Crippen LogP contribution in [0.15, 0.2) is 0 Å². The number of aryl methyl sites for hydroxylation is 1. The van der Waals surface area contributed by atoms with Crippen LogP contribution in [-0.2, 0) is 18.4 Å². The number of fused-ring (bicyclic) bond motifs is 1. The van der Waals surface area contributed by atoms with E-state index in [0.717, 1.165) is 17.8 Å². The molecule has 0 aromatic carbocycles.